The lowest BCUT2D eigenvalue weighted by atomic mass is 9.97. The molecule has 0 radical (unpaired) electrons. The van der Waals surface area contributed by atoms with E-state index in [0.29, 0.717) is 18.5 Å². The molecule has 148 valence electrons. The fraction of sp³-hybridized carbons (Fsp3) is 0.316. The van der Waals surface area contributed by atoms with Crippen molar-refractivity contribution in [3.63, 3.8) is 0 Å². The molecule has 0 aliphatic carbocycles. The molecule has 0 unspecified atom stereocenters. The van der Waals surface area contributed by atoms with Crippen molar-refractivity contribution in [1.82, 2.24) is 9.29 Å². The lowest BCUT2D eigenvalue weighted by Gasteiger charge is -2.30. The summed E-state index contributed by atoms with van der Waals surface area (Å²) in [5.74, 6) is -1.15. The predicted octanol–water partition coefficient (Wildman–Crippen LogP) is 1.91. The van der Waals surface area contributed by atoms with E-state index in [4.69, 9.17) is 0 Å². The number of anilines is 1. The van der Waals surface area contributed by atoms with Gasteiger partial charge in [0.15, 0.2) is 0 Å². The Labute approximate surface area is 163 Å². The second-order valence-electron chi connectivity index (χ2n) is 6.40. The zero-order valence-electron chi connectivity index (χ0n) is 15.4. The SMILES string of the molecule is COC(=O)c1ccccc1S(=O)(=O)N1CCC(C(=O)Nc2cccnc2)CC1. The van der Waals surface area contributed by atoms with Crippen LogP contribution in [0.4, 0.5) is 5.69 Å². The summed E-state index contributed by atoms with van der Waals surface area (Å²) in [6.45, 7) is 0.395. The van der Waals surface area contributed by atoms with Gasteiger partial charge in [0.05, 0.1) is 29.5 Å². The van der Waals surface area contributed by atoms with Crippen LogP contribution in [0.5, 0.6) is 0 Å². The van der Waals surface area contributed by atoms with Gasteiger partial charge in [-0.1, -0.05) is 12.1 Å². The average Bonchev–Trinajstić information content (AvgIpc) is 2.74. The highest BCUT2D eigenvalue weighted by Gasteiger charge is 2.34. The van der Waals surface area contributed by atoms with Gasteiger partial charge < -0.3 is 10.1 Å². The molecule has 9 heteroatoms. The molecule has 0 spiro atoms. The highest BCUT2D eigenvalue weighted by atomic mass is 32.2. The van der Waals surface area contributed by atoms with Gasteiger partial charge in [-0.05, 0) is 37.1 Å². The lowest BCUT2D eigenvalue weighted by molar-refractivity contribution is -0.120. The van der Waals surface area contributed by atoms with Gasteiger partial charge >= 0.3 is 5.97 Å². The molecule has 1 aromatic heterocycles. The van der Waals surface area contributed by atoms with Crippen LogP contribution in [0.3, 0.4) is 0 Å². The summed E-state index contributed by atoms with van der Waals surface area (Å²) in [4.78, 5) is 28.2. The zero-order valence-corrected chi connectivity index (χ0v) is 16.2. The van der Waals surface area contributed by atoms with Crippen LogP contribution >= 0.6 is 0 Å². The number of methoxy groups -OCH3 is 1. The number of benzene rings is 1. The third-order valence-electron chi connectivity index (χ3n) is 4.66. The highest BCUT2D eigenvalue weighted by Crippen LogP contribution is 2.27. The summed E-state index contributed by atoms with van der Waals surface area (Å²) >= 11 is 0. The smallest absolute Gasteiger partial charge is 0.339 e. The van der Waals surface area contributed by atoms with Crippen molar-refractivity contribution in [2.45, 2.75) is 17.7 Å². The zero-order chi connectivity index (χ0) is 20.1. The molecular formula is C19H21N3O5S. The second kappa shape index (κ2) is 8.49. The molecule has 1 fully saturated rings. The Kier molecular flexibility index (Phi) is 6.05. The number of hydrogen-bond acceptors (Lipinski definition) is 6. The van der Waals surface area contributed by atoms with Crippen molar-refractivity contribution < 1.29 is 22.7 Å². The number of aromatic nitrogens is 1. The topological polar surface area (TPSA) is 106 Å². The number of sulfonamides is 1. The third-order valence-corrected chi connectivity index (χ3v) is 6.62. The number of hydrogen-bond donors (Lipinski definition) is 1. The Hall–Kier alpha value is -2.78. The normalized spacial score (nSPS) is 15.8. The van der Waals surface area contributed by atoms with E-state index in [0.717, 1.165) is 0 Å². The van der Waals surface area contributed by atoms with Crippen LogP contribution in [-0.4, -0.2) is 49.8 Å². The van der Waals surface area contributed by atoms with Crippen molar-refractivity contribution in [1.29, 1.82) is 0 Å². The molecule has 8 nitrogen and oxygen atoms in total. The van der Waals surface area contributed by atoms with Gasteiger partial charge in [0.2, 0.25) is 15.9 Å². The average molecular weight is 403 g/mol. The Morgan fingerprint density at radius 2 is 1.86 bits per heavy atom. The van der Waals surface area contributed by atoms with Crippen molar-refractivity contribution in [2.24, 2.45) is 5.92 Å². The monoisotopic (exact) mass is 403 g/mol. The first-order valence-electron chi connectivity index (χ1n) is 8.82. The summed E-state index contributed by atoms with van der Waals surface area (Å²) in [6.07, 6.45) is 3.96. The molecule has 2 aromatic rings. The Morgan fingerprint density at radius 1 is 1.14 bits per heavy atom. The van der Waals surface area contributed by atoms with Gasteiger partial charge in [-0.15, -0.1) is 0 Å². The fourth-order valence-corrected chi connectivity index (χ4v) is 4.80. The van der Waals surface area contributed by atoms with Gasteiger partial charge in [-0.25, -0.2) is 13.2 Å². The number of piperidine rings is 1. The van der Waals surface area contributed by atoms with Crippen molar-refractivity contribution in [3.05, 3.63) is 54.4 Å². The second-order valence-corrected chi connectivity index (χ2v) is 8.30. The first-order valence-corrected chi connectivity index (χ1v) is 10.3. The van der Waals surface area contributed by atoms with Crippen LogP contribution < -0.4 is 5.32 Å². The number of pyridine rings is 1. The molecule has 1 N–H and O–H groups in total. The number of esters is 1. The number of ether oxygens (including phenoxy) is 1. The fourth-order valence-electron chi connectivity index (χ4n) is 3.15. The number of rotatable bonds is 5. The van der Waals surface area contributed by atoms with E-state index in [-0.39, 0.29) is 35.4 Å². The van der Waals surface area contributed by atoms with Gasteiger partial charge in [-0.2, -0.15) is 4.31 Å². The van der Waals surface area contributed by atoms with Gasteiger partial charge in [-0.3, -0.25) is 9.78 Å². The van der Waals surface area contributed by atoms with Crippen molar-refractivity contribution in [2.75, 3.05) is 25.5 Å². The molecule has 3 rings (SSSR count). The number of nitrogens with one attached hydrogen (secondary N) is 1. The first kappa shape index (κ1) is 20.0. The van der Waals surface area contributed by atoms with Crippen molar-refractivity contribution in [3.8, 4) is 0 Å². The van der Waals surface area contributed by atoms with Crippen LogP contribution in [0.1, 0.15) is 23.2 Å². The Morgan fingerprint density at radius 3 is 2.50 bits per heavy atom. The minimum atomic E-state index is -3.87. The lowest BCUT2D eigenvalue weighted by Crippen LogP contribution is -2.41. The van der Waals surface area contributed by atoms with Gasteiger partial charge in [0.25, 0.3) is 0 Å². The molecule has 0 bridgehead atoms. The van der Waals surface area contributed by atoms with Gasteiger partial charge in [0.1, 0.15) is 0 Å². The van der Waals surface area contributed by atoms with E-state index in [1.165, 1.54) is 23.5 Å². The van der Waals surface area contributed by atoms with Crippen LogP contribution in [-0.2, 0) is 19.6 Å². The first-order chi connectivity index (χ1) is 13.4. The van der Waals surface area contributed by atoms with E-state index in [1.54, 1.807) is 36.7 Å². The number of carbonyl (C=O) groups excluding carboxylic acids is 2. The largest absolute Gasteiger partial charge is 0.465 e. The van der Waals surface area contributed by atoms with Crippen LogP contribution in [0.25, 0.3) is 0 Å². The molecule has 1 aliphatic heterocycles. The summed E-state index contributed by atoms with van der Waals surface area (Å²) in [5.41, 5.74) is 0.607. The molecule has 0 atom stereocenters. The standard InChI is InChI=1S/C19H21N3O5S/c1-27-19(24)16-6-2-3-7-17(16)28(25,26)22-11-8-14(9-12-22)18(23)21-15-5-4-10-20-13-15/h2-7,10,13-14H,8-9,11-12H2,1H3,(H,21,23). The maximum absolute atomic E-state index is 13.0. The van der Waals surface area contributed by atoms with E-state index in [9.17, 15) is 18.0 Å². The molecule has 1 saturated heterocycles. The van der Waals surface area contributed by atoms with Crippen LogP contribution in [0.2, 0.25) is 0 Å². The minimum Gasteiger partial charge on any atom is -0.465 e. The molecule has 1 amide bonds. The van der Waals surface area contributed by atoms with E-state index in [1.807, 2.05) is 0 Å². The van der Waals surface area contributed by atoms with E-state index in [2.05, 4.69) is 15.0 Å². The summed E-state index contributed by atoms with van der Waals surface area (Å²) < 4.78 is 32.0. The molecular weight excluding hydrogens is 382 g/mol. The molecule has 2 heterocycles. The van der Waals surface area contributed by atoms with Crippen LogP contribution in [0.15, 0.2) is 53.7 Å². The van der Waals surface area contributed by atoms with E-state index >= 15 is 0 Å². The predicted molar refractivity (Wildman–Crippen MR) is 102 cm³/mol. The van der Waals surface area contributed by atoms with Crippen molar-refractivity contribution >= 4 is 27.6 Å². The third kappa shape index (κ3) is 4.20. The highest BCUT2D eigenvalue weighted by molar-refractivity contribution is 7.89. The van der Waals surface area contributed by atoms with Gasteiger partial charge in [0, 0.05) is 25.2 Å². The summed E-state index contributed by atoms with van der Waals surface area (Å²) in [6, 6.07) is 9.43. The molecule has 1 aromatic carbocycles. The molecule has 0 saturated carbocycles. The molecule has 28 heavy (non-hydrogen) atoms. The number of amides is 1. The van der Waals surface area contributed by atoms with Crippen LogP contribution in [0, 0.1) is 5.92 Å². The minimum absolute atomic E-state index is 0.00134. The number of nitrogens with zero attached hydrogens (tertiary/aromatic N) is 2. The Bertz CT molecular complexity index is 955. The maximum atomic E-state index is 13.0. The molecule has 1 aliphatic rings. The van der Waals surface area contributed by atoms with E-state index < -0.39 is 16.0 Å². The summed E-state index contributed by atoms with van der Waals surface area (Å²) in [5, 5.41) is 2.80. The summed E-state index contributed by atoms with van der Waals surface area (Å²) in [7, 11) is -2.66. The quantitative estimate of drug-likeness (QED) is 0.765. The number of carbonyl (C=O) groups is 2. The maximum Gasteiger partial charge on any atom is 0.339 e. The Balaban J connectivity index is 1.69.